The third-order valence-electron chi connectivity index (χ3n) is 9.42. The van der Waals surface area contributed by atoms with Crippen molar-refractivity contribution >= 4 is 29.5 Å². The van der Waals surface area contributed by atoms with E-state index in [0.717, 1.165) is 38.6 Å². The molecule has 2 saturated carbocycles. The largest absolute Gasteiger partial charge is 0.363 e. The third kappa shape index (κ3) is 5.42. The van der Waals surface area contributed by atoms with Crippen LogP contribution in [0.15, 0.2) is 12.3 Å². The molecule has 0 aromatic rings. The van der Waals surface area contributed by atoms with Gasteiger partial charge in [-0.25, -0.2) is 4.79 Å². The maximum atomic E-state index is 14.2. The van der Waals surface area contributed by atoms with Crippen molar-refractivity contribution in [3.05, 3.63) is 12.3 Å². The second-order valence-corrected chi connectivity index (χ2v) is 13.4. The number of Topliss-reactive ketones (excluding diaryl/α,β-unsaturated/α-hetero) is 1. The molecule has 0 aromatic carbocycles. The van der Waals surface area contributed by atoms with E-state index in [4.69, 9.17) is 5.73 Å². The maximum absolute atomic E-state index is 14.2. The molecule has 2 aliphatic carbocycles. The minimum Gasteiger partial charge on any atom is -0.363 e. The van der Waals surface area contributed by atoms with Gasteiger partial charge in [0, 0.05) is 29.7 Å². The summed E-state index contributed by atoms with van der Waals surface area (Å²) in [4.78, 5) is 68.9. The van der Waals surface area contributed by atoms with Crippen LogP contribution in [0.1, 0.15) is 72.6 Å². The highest BCUT2D eigenvalue weighted by molar-refractivity contribution is 6.37. The van der Waals surface area contributed by atoms with Gasteiger partial charge in [0.15, 0.2) is 0 Å². The van der Waals surface area contributed by atoms with Crippen molar-refractivity contribution in [1.82, 2.24) is 25.8 Å². The molecule has 5 N–H and O–H groups in total. The first kappa shape index (κ1) is 29.0. The average Bonchev–Trinajstić information content (AvgIpc) is 3.48. The van der Waals surface area contributed by atoms with Gasteiger partial charge >= 0.3 is 6.03 Å². The summed E-state index contributed by atoms with van der Waals surface area (Å²) in [5.74, 6) is -2.46. The number of hydrogen-bond donors (Lipinski definition) is 4. The van der Waals surface area contributed by atoms with Crippen LogP contribution in [-0.4, -0.2) is 83.1 Å². The van der Waals surface area contributed by atoms with E-state index in [1.807, 2.05) is 27.8 Å². The van der Waals surface area contributed by atoms with Gasteiger partial charge in [0.25, 0.3) is 5.91 Å². The Morgan fingerprint density at radius 1 is 1.08 bits per heavy atom. The highest BCUT2D eigenvalue weighted by atomic mass is 16.2. The van der Waals surface area contributed by atoms with Gasteiger partial charge in [0.1, 0.15) is 12.1 Å². The van der Waals surface area contributed by atoms with Gasteiger partial charge in [-0.2, -0.15) is 0 Å². The summed E-state index contributed by atoms with van der Waals surface area (Å²) in [6, 6.07) is -3.32. The van der Waals surface area contributed by atoms with Crippen LogP contribution in [0.4, 0.5) is 4.79 Å². The Bertz CT molecular complexity index is 1070. The number of fused-ring (bicyclic) bond motifs is 1. The van der Waals surface area contributed by atoms with Crippen LogP contribution in [0.5, 0.6) is 0 Å². The van der Waals surface area contributed by atoms with Gasteiger partial charge in [-0.15, -0.1) is 0 Å². The van der Waals surface area contributed by atoms with Crippen molar-refractivity contribution in [2.75, 3.05) is 20.1 Å². The Balaban J connectivity index is 1.61. The van der Waals surface area contributed by atoms with Crippen molar-refractivity contribution in [2.45, 2.75) is 96.3 Å². The van der Waals surface area contributed by atoms with Crippen LogP contribution in [-0.2, 0) is 19.2 Å². The van der Waals surface area contributed by atoms with Gasteiger partial charge in [0.2, 0.25) is 17.6 Å². The lowest BCUT2D eigenvalue weighted by atomic mass is 9.69. The number of nitrogens with zero attached hydrogens (tertiary/aromatic N) is 2. The zero-order valence-electron chi connectivity index (χ0n) is 23.9. The molecule has 2 heterocycles. The molecule has 0 aromatic heterocycles. The topological polar surface area (TPSA) is 154 Å². The second kappa shape index (κ2) is 10.2. The first-order valence-electron chi connectivity index (χ1n) is 14.0. The standard InChI is InChI=1S/C28H44N6O5/c1-16(2)30-25(39)32-21(26(3,4)5)24(38)34-15-28(27(10-11-27)14-33(28)6)13-19(34)23(37)31-18(20(35)22(29)36)12-17-8-7-9-17/h17-19,21H,1,7-15H2,2-6H3,(H2,29,36)(H,31,37)(H2,30,32,39)/t18?,19-,21+,28?/m0/s1. The molecule has 2 saturated heterocycles. The van der Waals surface area contributed by atoms with E-state index in [1.54, 1.807) is 11.8 Å². The molecule has 2 unspecified atom stereocenters. The van der Waals surface area contributed by atoms with E-state index in [2.05, 4.69) is 27.4 Å². The van der Waals surface area contributed by atoms with Crippen LogP contribution < -0.4 is 21.7 Å². The van der Waals surface area contributed by atoms with Gasteiger partial charge in [-0.3, -0.25) is 24.1 Å². The predicted molar refractivity (Wildman–Crippen MR) is 145 cm³/mol. The summed E-state index contributed by atoms with van der Waals surface area (Å²) in [5.41, 5.74) is 4.83. The molecule has 0 radical (unpaired) electrons. The highest BCUT2D eigenvalue weighted by Gasteiger charge is 2.73. The lowest BCUT2D eigenvalue weighted by molar-refractivity contribution is -0.144. The highest BCUT2D eigenvalue weighted by Crippen LogP contribution is 2.67. The van der Waals surface area contributed by atoms with Crippen molar-refractivity contribution in [3.63, 3.8) is 0 Å². The van der Waals surface area contributed by atoms with E-state index in [1.165, 1.54) is 0 Å². The average molecular weight is 545 g/mol. The monoisotopic (exact) mass is 544 g/mol. The number of nitrogens with one attached hydrogen (secondary N) is 3. The summed E-state index contributed by atoms with van der Waals surface area (Å²) in [7, 11) is 2.02. The van der Waals surface area contributed by atoms with Gasteiger partial charge in [-0.1, -0.05) is 46.6 Å². The molecular weight excluding hydrogens is 500 g/mol. The quantitative estimate of drug-likeness (QED) is 0.318. The smallest absolute Gasteiger partial charge is 0.319 e. The Labute approximate surface area is 230 Å². The van der Waals surface area contributed by atoms with E-state index in [0.29, 0.717) is 25.1 Å². The fraction of sp³-hybridized carbons (Fsp3) is 0.750. The number of allylic oxidation sites excluding steroid dienone is 1. The molecule has 0 bridgehead atoms. The zero-order chi connectivity index (χ0) is 28.9. The Kier molecular flexibility index (Phi) is 7.61. The number of likely N-dealkylation sites (N-methyl/N-ethyl adjacent to an activating group) is 1. The number of hydrogen-bond acceptors (Lipinski definition) is 6. The minimum atomic E-state index is -1.08. The van der Waals surface area contributed by atoms with Crippen LogP contribution in [0.2, 0.25) is 0 Å². The van der Waals surface area contributed by atoms with Crippen molar-refractivity contribution < 1.29 is 24.0 Å². The number of carbonyl (C=O) groups is 5. The molecule has 4 rings (SSSR count). The SMILES string of the molecule is C=C(C)NC(=O)N[C@H](C(=O)N1CC2(C[C@H]1C(=O)NC(CC1CCC1)C(=O)C(N)=O)N(C)CC21CC1)C(C)(C)C. The number of carbonyl (C=O) groups excluding carboxylic acids is 5. The number of urea groups is 1. The molecule has 2 spiro atoms. The number of amides is 5. The normalized spacial score (nSPS) is 27.2. The number of ketones is 1. The lowest BCUT2D eigenvalue weighted by Crippen LogP contribution is -2.69. The fourth-order valence-electron chi connectivity index (χ4n) is 6.76. The molecule has 4 atom stereocenters. The van der Waals surface area contributed by atoms with Gasteiger partial charge in [0.05, 0.1) is 6.04 Å². The lowest BCUT2D eigenvalue weighted by Gasteiger charge is -2.57. The zero-order valence-corrected chi connectivity index (χ0v) is 23.9. The molecule has 4 aliphatic rings. The van der Waals surface area contributed by atoms with E-state index >= 15 is 0 Å². The summed E-state index contributed by atoms with van der Waals surface area (Å²) in [6.07, 6.45) is 5.80. The van der Waals surface area contributed by atoms with Gasteiger partial charge in [-0.05, 0) is 51.0 Å². The first-order valence-corrected chi connectivity index (χ1v) is 14.0. The number of rotatable bonds is 9. The number of primary amides is 1. The molecule has 5 amide bonds. The molecule has 39 heavy (non-hydrogen) atoms. The van der Waals surface area contributed by atoms with Crippen LogP contribution in [0, 0.1) is 16.7 Å². The second-order valence-electron chi connectivity index (χ2n) is 13.4. The van der Waals surface area contributed by atoms with Gasteiger partial charge < -0.3 is 26.6 Å². The van der Waals surface area contributed by atoms with Crippen LogP contribution >= 0.6 is 0 Å². The summed E-state index contributed by atoms with van der Waals surface area (Å²) in [5, 5.41) is 8.18. The van der Waals surface area contributed by atoms with Crippen LogP contribution in [0.25, 0.3) is 0 Å². The number of likely N-dealkylation sites (tertiary alicyclic amines) is 2. The Morgan fingerprint density at radius 2 is 1.72 bits per heavy atom. The molecular formula is C28H44N6O5. The third-order valence-corrected chi connectivity index (χ3v) is 9.42. The van der Waals surface area contributed by atoms with Crippen molar-refractivity contribution in [3.8, 4) is 0 Å². The number of nitrogens with two attached hydrogens (primary N) is 1. The molecule has 2 aliphatic heterocycles. The fourth-order valence-corrected chi connectivity index (χ4v) is 6.76. The summed E-state index contributed by atoms with van der Waals surface area (Å²) < 4.78 is 0. The maximum Gasteiger partial charge on any atom is 0.319 e. The Hall–Kier alpha value is -2.95. The van der Waals surface area contributed by atoms with Crippen LogP contribution in [0.3, 0.4) is 0 Å². The molecule has 4 fully saturated rings. The molecule has 11 heteroatoms. The van der Waals surface area contributed by atoms with Crippen molar-refractivity contribution in [2.24, 2.45) is 22.5 Å². The van der Waals surface area contributed by atoms with E-state index in [-0.39, 0.29) is 22.8 Å². The molecule has 11 nitrogen and oxygen atoms in total. The molecule has 216 valence electrons. The summed E-state index contributed by atoms with van der Waals surface area (Å²) in [6.45, 7) is 12.2. The first-order chi connectivity index (χ1) is 18.1. The summed E-state index contributed by atoms with van der Waals surface area (Å²) >= 11 is 0. The van der Waals surface area contributed by atoms with Crippen molar-refractivity contribution in [1.29, 1.82) is 0 Å². The Morgan fingerprint density at radius 3 is 2.18 bits per heavy atom. The minimum absolute atomic E-state index is 0.0751. The van der Waals surface area contributed by atoms with E-state index < -0.39 is 47.2 Å². The van der Waals surface area contributed by atoms with E-state index in [9.17, 15) is 24.0 Å². The predicted octanol–water partition coefficient (Wildman–Crippen LogP) is 1.03.